The monoisotopic (exact) mass is 349 g/mol. The molecule has 132 valence electrons. The normalized spacial score (nSPS) is 10.2. The second-order valence-corrected chi connectivity index (χ2v) is 5.61. The molecule has 0 saturated heterocycles. The van der Waals surface area contributed by atoms with E-state index in [4.69, 9.17) is 14.2 Å². The predicted molar refractivity (Wildman–Crippen MR) is 97.1 cm³/mol. The van der Waals surface area contributed by atoms with Crippen LogP contribution in [0.2, 0.25) is 0 Å². The molecule has 0 spiro atoms. The molecule has 0 N–H and O–H groups in total. The number of methoxy groups -OCH3 is 1. The van der Waals surface area contributed by atoms with Gasteiger partial charge in [-0.1, -0.05) is 24.3 Å². The van der Waals surface area contributed by atoms with Gasteiger partial charge in [0.05, 0.1) is 12.7 Å². The number of esters is 1. The smallest absolute Gasteiger partial charge is 0.338 e. The van der Waals surface area contributed by atoms with Crippen molar-refractivity contribution in [3.63, 3.8) is 0 Å². The molecule has 26 heavy (non-hydrogen) atoms. The molecule has 2 aromatic carbocycles. The number of benzene rings is 2. The van der Waals surface area contributed by atoms with Crippen molar-refractivity contribution in [2.75, 3.05) is 7.11 Å². The van der Waals surface area contributed by atoms with Gasteiger partial charge in [-0.25, -0.2) is 4.79 Å². The highest BCUT2D eigenvalue weighted by Gasteiger charge is 2.09. The molecule has 1 aromatic heterocycles. The van der Waals surface area contributed by atoms with Crippen molar-refractivity contribution in [1.29, 1.82) is 0 Å². The van der Waals surface area contributed by atoms with E-state index in [9.17, 15) is 4.79 Å². The summed E-state index contributed by atoms with van der Waals surface area (Å²) in [5.41, 5.74) is 2.26. The summed E-state index contributed by atoms with van der Waals surface area (Å²) in [5.74, 6) is 0.925. The van der Waals surface area contributed by atoms with E-state index in [0.717, 1.165) is 16.9 Å². The van der Waals surface area contributed by atoms with Crippen molar-refractivity contribution in [1.82, 2.24) is 4.98 Å². The summed E-state index contributed by atoms with van der Waals surface area (Å²) in [4.78, 5) is 16.3. The van der Waals surface area contributed by atoms with Gasteiger partial charge in [0.15, 0.2) is 0 Å². The van der Waals surface area contributed by atoms with E-state index >= 15 is 0 Å². The third-order valence-corrected chi connectivity index (χ3v) is 3.70. The van der Waals surface area contributed by atoms with Crippen molar-refractivity contribution >= 4 is 5.97 Å². The molecule has 0 atom stereocenters. The highest BCUT2D eigenvalue weighted by molar-refractivity contribution is 5.89. The highest BCUT2D eigenvalue weighted by Crippen LogP contribution is 2.17. The van der Waals surface area contributed by atoms with Gasteiger partial charge in [-0.15, -0.1) is 0 Å². The van der Waals surface area contributed by atoms with Gasteiger partial charge < -0.3 is 14.2 Å². The van der Waals surface area contributed by atoms with Crippen molar-refractivity contribution in [2.24, 2.45) is 0 Å². The molecule has 5 heteroatoms. The fourth-order valence-corrected chi connectivity index (χ4v) is 2.36. The third-order valence-electron chi connectivity index (χ3n) is 3.70. The number of ether oxygens (including phenoxy) is 3. The van der Waals surface area contributed by atoms with E-state index in [1.165, 1.54) is 0 Å². The van der Waals surface area contributed by atoms with Crippen LogP contribution in [-0.2, 0) is 18.0 Å². The largest absolute Gasteiger partial charge is 0.497 e. The number of carbonyl (C=O) groups excluding carboxylic acids is 1. The number of nitrogens with zero attached hydrogens (tertiary/aromatic N) is 1. The predicted octanol–water partition coefficient (Wildman–Crippen LogP) is 4.03. The van der Waals surface area contributed by atoms with Crippen LogP contribution in [0.4, 0.5) is 0 Å². The van der Waals surface area contributed by atoms with E-state index in [2.05, 4.69) is 4.98 Å². The molecule has 0 aliphatic heterocycles. The summed E-state index contributed by atoms with van der Waals surface area (Å²) in [5, 5.41) is 0. The Bertz CT molecular complexity index is 865. The summed E-state index contributed by atoms with van der Waals surface area (Å²) < 4.78 is 16.2. The maximum absolute atomic E-state index is 12.3. The number of carbonyl (C=O) groups is 1. The molecule has 0 fully saturated rings. The first-order chi connectivity index (χ1) is 12.7. The topological polar surface area (TPSA) is 57.7 Å². The van der Waals surface area contributed by atoms with E-state index in [-0.39, 0.29) is 6.61 Å². The summed E-state index contributed by atoms with van der Waals surface area (Å²) >= 11 is 0. The Hall–Kier alpha value is -3.34. The molecule has 0 amide bonds. The minimum absolute atomic E-state index is 0.177. The van der Waals surface area contributed by atoms with Crippen LogP contribution in [0.15, 0.2) is 73.1 Å². The van der Waals surface area contributed by atoms with Gasteiger partial charge in [0.1, 0.15) is 24.7 Å². The second-order valence-electron chi connectivity index (χ2n) is 5.61. The second kappa shape index (κ2) is 8.67. The Balaban J connectivity index is 1.59. The van der Waals surface area contributed by atoms with Crippen LogP contribution in [-0.4, -0.2) is 18.1 Å². The SMILES string of the molecule is COc1cccc(COC(=O)c2cccc(OCc3cccnc3)c2)c1. The maximum Gasteiger partial charge on any atom is 0.338 e. The number of hydrogen-bond acceptors (Lipinski definition) is 5. The average molecular weight is 349 g/mol. The molecular formula is C21H19NO4. The standard InChI is InChI=1S/C21H19NO4/c1-24-19-8-2-5-16(11-19)14-26-21(23)18-7-3-9-20(12-18)25-15-17-6-4-10-22-13-17/h2-13H,14-15H2,1H3. The van der Waals surface area contributed by atoms with Crippen LogP contribution in [0, 0.1) is 0 Å². The average Bonchev–Trinajstić information content (AvgIpc) is 2.71. The number of hydrogen-bond donors (Lipinski definition) is 0. The lowest BCUT2D eigenvalue weighted by Gasteiger charge is -2.09. The van der Waals surface area contributed by atoms with E-state index in [1.807, 2.05) is 36.4 Å². The van der Waals surface area contributed by atoms with E-state index in [0.29, 0.717) is 17.9 Å². The Morgan fingerprint density at radius 1 is 0.923 bits per heavy atom. The Morgan fingerprint density at radius 3 is 2.54 bits per heavy atom. The quantitative estimate of drug-likeness (QED) is 0.603. The molecular weight excluding hydrogens is 330 g/mol. The fraction of sp³-hybridized carbons (Fsp3) is 0.143. The zero-order valence-corrected chi connectivity index (χ0v) is 14.4. The van der Waals surface area contributed by atoms with E-state index < -0.39 is 5.97 Å². The summed E-state index contributed by atoms with van der Waals surface area (Å²) in [6.07, 6.45) is 3.45. The molecule has 1 heterocycles. The van der Waals surface area contributed by atoms with Gasteiger partial charge in [0.25, 0.3) is 0 Å². The van der Waals surface area contributed by atoms with Gasteiger partial charge in [-0.2, -0.15) is 0 Å². The lowest BCUT2D eigenvalue weighted by atomic mass is 10.2. The Labute approximate surface area is 152 Å². The molecule has 3 rings (SSSR count). The fourth-order valence-electron chi connectivity index (χ4n) is 2.36. The van der Waals surface area contributed by atoms with Crippen molar-refractivity contribution in [3.05, 3.63) is 89.7 Å². The molecule has 0 aliphatic carbocycles. The van der Waals surface area contributed by atoms with Crippen LogP contribution < -0.4 is 9.47 Å². The van der Waals surface area contributed by atoms with E-state index in [1.54, 1.807) is 43.8 Å². The zero-order chi connectivity index (χ0) is 18.2. The highest BCUT2D eigenvalue weighted by atomic mass is 16.5. The summed E-state index contributed by atoms with van der Waals surface area (Å²) in [7, 11) is 1.60. The van der Waals surface area contributed by atoms with Crippen LogP contribution >= 0.6 is 0 Å². The number of rotatable bonds is 7. The molecule has 0 aliphatic rings. The first-order valence-electron chi connectivity index (χ1n) is 8.16. The van der Waals surface area contributed by atoms with Gasteiger partial charge >= 0.3 is 5.97 Å². The summed E-state index contributed by atoms with van der Waals surface area (Å²) in [6.45, 7) is 0.562. The molecule has 0 saturated carbocycles. The summed E-state index contributed by atoms with van der Waals surface area (Å²) in [6, 6.07) is 18.1. The first-order valence-corrected chi connectivity index (χ1v) is 8.16. The zero-order valence-electron chi connectivity index (χ0n) is 14.4. The maximum atomic E-state index is 12.3. The Kier molecular flexibility index (Phi) is 5.83. The molecule has 3 aromatic rings. The van der Waals surface area contributed by atoms with Gasteiger partial charge in [0.2, 0.25) is 0 Å². The van der Waals surface area contributed by atoms with Crippen LogP contribution in [0.3, 0.4) is 0 Å². The van der Waals surface area contributed by atoms with Crippen LogP contribution in [0.1, 0.15) is 21.5 Å². The van der Waals surface area contributed by atoms with Crippen LogP contribution in [0.25, 0.3) is 0 Å². The van der Waals surface area contributed by atoms with Crippen molar-refractivity contribution in [3.8, 4) is 11.5 Å². The minimum atomic E-state index is -0.403. The molecule has 0 bridgehead atoms. The first kappa shape index (κ1) is 17.5. The number of pyridine rings is 1. The van der Waals surface area contributed by atoms with Crippen LogP contribution in [0.5, 0.6) is 11.5 Å². The van der Waals surface area contributed by atoms with Gasteiger partial charge in [-0.05, 0) is 42.0 Å². The lowest BCUT2D eigenvalue weighted by Crippen LogP contribution is -2.06. The third kappa shape index (κ3) is 4.83. The van der Waals surface area contributed by atoms with Crippen molar-refractivity contribution in [2.45, 2.75) is 13.2 Å². The molecule has 5 nitrogen and oxygen atoms in total. The van der Waals surface area contributed by atoms with Gasteiger partial charge in [0, 0.05) is 18.0 Å². The van der Waals surface area contributed by atoms with Crippen molar-refractivity contribution < 1.29 is 19.0 Å². The van der Waals surface area contributed by atoms with Gasteiger partial charge in [-0.3, -0.25) is 4.98 Å². The lowest BCUT2D eigenvalue weighted by molar-refractivity contribution is 0.0472. The molecule has 0 radical (unpaired) electrons. The number of aromatic nitrogens is 1. The Morgan fingerprint density at radius 2 is 1.73 bits per heavy atom. The minimum Gasteiger partial charge on any atom is -0.497 e. The molecule has 0 unspecified atom stereocenters.